The molecule has 2 amide bonds. The van der Waals surface area contributed by atoms with Crippen LogP contribution in [0.5, 0.6) is 0 Å². The molecule has 1 fully saturated rings. The van der Waals surface area contributed by atoms with Crippen LogP contribution in [-0.4, -0.2) is 29.8 Å². The van der Waals surface area contributed by atoms with Crippen LogP contribution < -0.4 is 5.32 Å². The molecule has 0 aliphatic carbocycles. The van der Waals surface area contributed by atoms with E-state index in [1.807, 2.05) is 13.0 Å². The van der Waals surface area contributed by atoms with E-state index in [9.17, 15) is 22.8 Å². The van der Waals surface area contributed by atoms with Crippen LogP contribution in [0.2, 0.25) is 0 Å². The van der Waals surface area contributed by atoms with Gasteiger partial charge < -0.3 is 10.2 Å². The number of hydrogen-bond acceptors (Lipinski definition) is 2. The number of carbonyl (C=O) groups is 2. The molecule has 1 aliphatic heterocycles. The second kappa shape index (κ2) is 6.58. The van der Waals surface area contributed by atoms with Gasteiger partial charge in [-0.25, -0.2) is 13.2 Å². The third kappa shape index (κ3) is 3.09. The molecule has 2 aromatic rings. The number of carbonyl (C=O) groups excluding carboxylic acids is 2. The smallest absolute Gasteiger partial charge is 0.257 e. The van der Waals surface area contributed by atoms with Crippen LogP contribution in [0.4, 0.5) is 13.2 Å². The molecule has 130 valence electrons. The van der Waals surface area contributed by atoms with Crippen molar-refractivity contribution in [3.63, 3.8) is 0 Å². The highest BCUT2D eigenvalue weighted by atomic mass is 19.2. The Morgan fingerprint density at radius 2 is 1.92 bits per heavy atom. The standard InChI is InChI=1S/C18H15F3N2O2/c1-10-3-2-4-11(9-10)16-17(24)22-7-8-23(16)18(25)12-5-6-13(19)15(21)14(12)20/h2-6,9,16H,7-8H2,1H3,(H,22,24). The minimum absolute atomic E-state index is 0.127. The van der Waals surface area contributed by atoms with E-state index in [0.717, 1.165) is 11.6 Å². The number of nitrogens with one attached hydrogen (secondary N) is 1. The lowest BCUT2D eigenvalue weighted by molar-refractivity contribution is -0.128. The van der Waals surface area contributed by atoms with E-state index in [2.05, 4.69) is 5.32 Å². The highest BCUT2D eigenvalue weighted by molar-refractivity contribution is 5.98. The van der Waals surface area contributed by atoms with Crippen LogP contribution >= 0.6 is 0 Å². The SMILES string of the molecule is Cc1cccc(C2C(=O)NCCN2C(=O)c2ccc(F)c(F)c2F)c1. The third-order valence-electron chi connectivity index (χ3n) is 4.10. The molecule has 3 rings (SSSR count). The Labute approximate surface area is 142 Å². The van der Waals surface area contributed by atoms with Crippen molar-refractivity contribution in [2.24, 2.45) is 0 Å². The zero-order valence-corrected chi connectivity index (χ0v) is 13.4. The molecule has 1 N–H and O–H groups in total. The van der Waals surface area contributed by atoms with Gasteiger partial charge in [-0.05, 0) is 24.6 Å². The number of hydrogen-bond donors (Lipinski definition) is 1. The Hall–Kier alpha value is -2.83. The van der Waals surface area contributed by atoms with Gasteiger partial charge in [0.05, 0.1) is 5.56 Å². The Balaban J connectivity index is 2.02. The number of piperazine rings is 1. The fourth-order valence-corrected chi connectivity index (χ4v) is 2.90. The van der Waals surface area contributed by atoms with Gasteiger partial charge in [0.1, 0.15) is 6.04 Å². The molecular formula is C18H15F3N2O2. The van der Waals surface area contributed by atoms with Gasteiger partial charge >= 0.3 is 0 Å². The molecule has 1 unspecified atom stereocenters. The van der Waals surface area contributed by atoms with E-state index in [-0.39, 0.29) is 13.1 Å². The normalized spacial score (nSPS) is 17.4. The predicted molar refractivity (Wildman–Crippen MR) is 84.3 cm³/mol. The molecule has 1 saturated heterocycles. The van der Waals surface area contributed by atoms with Crippen molar-refractivity contribution in [3.8, 4) is 0 Å². The van der Waals surface area contributed by atoms with Crippen LogP contribution in [0, 0.1) is 24.4 Å². The highest BCUT2D eigenvalue weighted by Gasteiger charge is 2.36. The molecule has 0 radical (unpaired) electrons. The summed E-state index contributed by atoms with van der Waals surface area (Å²) in [7, 11) is 0. The minimum atomic E-state index is -1.71. The van der Waals surface area contributed by atoms with Gasteiger partial charge in [-0.2, -0.15) is 0 Å². The van der Waals surface area contributed by atoms with E-state index in [1.54, 1.807) is 18.2 Å². The van der Waals surface area contributed by atoms with Gasteiger partial charge in [0.15, 0.2) is 17.5 Å². The first-order valence-corrected chi connectivity index (χ1v) is 7.69. The zero-order valence-electron chi connectivity index (χ0n) is 13.4. The van der Waals surface area contributed by atoms with Crippen LogP contribution in [0.1, 0.15) is 27.5 Å². The number of amides is 2. The van der Waals surface area contributed by atoms with Gasteiger partial charge in [0.25, 0.3) is 5.91 Å². The maximum atomic E-state index is 14.0. The maximum Gasteiger partial charge on any atom is 0.257 e. The van der Waals surface area contributed by atoms with Crippen molar-refractivity contribution in [2.75, 3.05) is 13.1 Å². The van der Waals surface area contributed by atoms with Gasteiger partial charge in [0, 0.05) is 13.1 Å². The summed E-state index contributed by atoms with van der Waals surface area (Å²) in [5, 5.41) is 2.66. The third-order valence-corrected chi connectivity index (χ3v) is 4.10. The van der Waals surface area contributed by atoms with Crippen molar-refractivity contribution in [1.82, 2.24) is 10.2 Å². The van der Waals surface area contributed by atoms with Crippen molar-refractivity contribution in [2.45, 2.75) is 13.0 Å². The van der Waals surface area contributed by atoms with Crippen LogP contribution in [0.3, 0.4) is 0 Å². The number of rotatable bonds is 2. The second-order valence-electron chi connectivity index (χ2n) is 5.83. The lowest BCUT2D eigenvalue weighted by atomic mass is 9.99. The van der Waals surface area contributed by atoms with Gasteiger partial charge in [-0.15, -0.1) is 0 Å². The van der Waals surface area contributed by atoms with Crippen LogP contribution in [-0.2, 0) is 4.79 Å². The topological polar surface area (TPSA) is 49.4 Å². The van der Waals surface area contributed by atoms with Gasteiger partial charge in [-0.3, -0.25) is 9.59 Å². The highest BCUT2D eigenvalue weighted by Crippen LogP contribution is 2.27. The van der Waals surface area contributed by atoms with Crippen molar-refractivity contribution < 1.29 is 22.8 Å². The zero-order chi connectivity index (χ0) is 18.1. The maximum absolute atomic E-state index is 14.0. The van der Waals surface area contributed by atoms with E-state index < -0.39 is 40.9 Å². The molecule has 1 aliphatic rings. The molecule has 1 atom stereocenters. The summed E-state index contributed by atoms with van der Waals surface area (Å²) in [4.78, 5) is 26.2. The molecule has 4 nitrogen and oxygen atoms in total. The van der Waals surface area contributed by atoms with Crippen molar-refractivity contribution in [1.29, 1.82) is 0 Å². The summed E-state index contributed by atoms with van der Waals surface area (Å²) in [6, 6.07) is 7.63. The Morgan fingerprint density at radius 3 is 2.64 bits per heavy atom. The summed E-state index contributed by atoms with van der Waals surface area (Å²) in [6.07, 6.45) is 0. The Kier molecular flexibility index (Phi) is 4.48. The summed E-state index contributed by atoms with van der Waals surface area (Å²) in [5.74, 6) is -5.91. The first-order chi connectivity index (χ1) is 11.9. The fourth-order valence-electron chi connectivity index (χ4n) is 2.90. The Morgan fingerprint density at radius 1 is 1.16 bits per heavy atom. The predicted octanol–water partition coefficient (Wildman–Crippen LogP) is 2.73. The second-order valence-corrected chi connectivity index (χ2v) is 5.83. The lowest BCUT2D eigenvalue weighted by Gasteiger charge is -2.35. The number of halogens is 3. The molecule has 0 bridgehead atoms. The van der Waals surface area contributed by atoms with Gasteiger partial charge in [0.2, 0.25) is 5.91 Å². The molecule has 25 heavy (non-hydrogen) atoms. The largest absolute Gasteiger partial charge is 0.352 e. The van der Waals surface area contributed by atoms with E-state index in [0.29, 0.717) is 11.6 Å². The molecule has 1 heterocycles. The Bertz CT molecular complexity index is 854. The van der Waals surface area contributed by atoms with Gasteiger partial charge in [-0.1, -0.05) is 29.8 Å². The number of nitrogens with zero attached hydrogens (tertiary/aromatic N) is 1. The fraction of sp³-hybridized carbons (Fsp3) is 0.222. The first-order valence-electron chi connectivity index (χ1n) is 7.69. The number of benzene rings is 2. The lowest BCUT2D eigenvalue weighted by Crippen LogP contribution is -2.52. The average Bonchev–Trinajstić information content (AvgIpc) is 2.59. The van der Waals surface area contributed by atoms with E-state index >= 15 is 0 Å². The molecular weight excluding hydrogens is 333 g/mol. The van der Waals surface area contributed by atoms with Crippen LogP contribution in [0.15, 0.2) is 36.4 Å². The van der Waals surface area contributed by atoms with Crippen molar-refractivity contribution in [3.05, 3.63) is 70.5 Å². The molecule has 2 aromatic carbocycles. The minimum Gasteiger partial charge on any atom is -0.352 e. The quantitative estimate of drug-likeness (QED) is 0.849. The molecule has 0 spiro atoms. The van der Waals surface area contributed by atoms with Crippen molar-refractivity contribution >= 4 is 11.8 Å². The van der Waals surface area contributed by atoms with E-state index in [1.165, 1.54) is 4.90 Å². The summed E-state index contributed by atoms with van der Waals surface area (Å²) < 4.78 is 40.6. The molecule has 0 saturated carbocycles. The first kappa shape index (κ1) is 17.0. The summed E-state index contributed by atoms with van der Waals surface area (Å²) >= 11 is 0. The number of aryl methyl sites for hydroxylation is 1. The molecule has 7 heteroatoms. The molecule has 0 aromatic heterocycles. The summed E-state index contributed by atoms with van der Waals surface area (Å²) in [5.41, 5.74) is 0.849. The average molecular weight is 348 g/mol. The monoisotopic (exact) mass is 348 g/mol. The summed E-state index contributed by atoms with van der Waals surface area (Å²) in [6.45, 7) is 2.16. The van der Waals surface area contributed by atoms with E-state index in [4.69, 9.17) is 0 Å². The van der Waals surface area contributed by atoms with Crippen LogP contribution in [0.25, 0.3) is 0 Å².